The highest BCUT2D eigenvalue weighted by atomic mass is 35.5. The van der Waals surface area contributed by atoms with E-state index in [1.165, 1.54) is 5.56 Å². The van der Waals surface area contributed by atoms with Crippen LogP contribution in [-0.2, 0) is 17.0 Å². The van der Waals surface area contributed by atoms with Crippen molar-refractivity contribution in [3.05, 3.63) is 63.6 Å². The summed E-state index contributed by atoms with van der Waals surface area (Å²) < 4.78 is 5.71. The summed E-state index contributed by atoms with van der Waals surface area (Å²) in [5.74, 6) is 2.04. The highest BCUT2D eigenvalue weighted by molar-refractivity contribution is 7.99. The normalized spacial score (nSPS) is 10.9. The van der Waals surface area contributed by atoms with Crippen LogP contribution in [0.4, 0.5) is 0 Å². The highest BCUT2D eigenvalue weighted by Crippen LogP contribution is 2.24. The van der Waals surface area contributed by atoms with Crippen molar-refractivity contribution in [1.29, 1.82) is 0 Å². The van der Waals surface area contributed by atoms with E-state index in [0.29, 0.717) is 28.1 Å². The van der Waals surface area contributed by atoms with Crippen molar-refractivity contribution in [3.63, 3.8) is 0 Å². The van der Waals surface area contributed by atoms with Gasteiger partial charge in [-0.25, -0.2) is 0 Å². The van der Waals surface area contributed by atoms with Gasteiger partial charge in [-0.05, 0) is 62.1 Å². The van der Waals surface area contributed by atoms with E-state index < -0.39 is 0 Å². The second-order valence-corrected chi connectivity index (χ2v) is 8.33. The lowest BCUT2D eigenvalue weighted by molar-refractivity contribution is -0.118. The smallest absolute Gasteiger partial charge is 0.230 e. The van der Waals surface area contributed by atoms with Gasteiger partial charge in [0.05, 0.1) is 11.9 Å². The quantitative estimate of drug-likeness (QED) is 0.491. The van der Waals surface area contributed by atoms with E-state index in [1.54, 1.807) is 17.8 Å². The van der Waals surface area contributed by atoms with Crippen LogP contribution in [0.15, 0.2) is 42.5 Å². The molecule has 0 aliphatic heterocycles. The Kier molecular flexibility index (Phi) is 9.32. The van der Waals surface area contributed by atoms with Crippen LogP contribution < -0.4 is 10.1 Å². The fraction of sp³-hybridized carbons (Fsp3) is 0.381. The second-order valence-electron chi connectivity index (χ2n) is 6.50. The van der Waals surface area contributed by atoms with E-state index in [2.05, 4.69) is 17.4 Å². The van der Waals surface area contributed by atoms with Gasteiger partial charge in [0, 0.05) is 22.3 Å². The van der Waals surface area contributed by atoms with Crippen molar-refractivity contribution < 1.29 is 9.53 Å². The fourth-order valence-corrected chi connectivity index (χ4v) is 3.93. The van der Waals surface area contributed by atoms with Gasteiger partial charge >= 0.3 is 0 Å². The zero-order valence-corrected chi connectivity index (χ0v) is 18.0. The summed E-state index contributed by atoms with van der Waals surface area (Å²) in [5, 5.41) is 4.22. The number of rotatable bonds is 10. The maximum atomic E-state index is 12.0. The molecular formula is C21H25Cl2NO2S. The largest absolute Gasteiger partial charge is 0.491 e. The van der Waals surface area contributed by atoms with Crippen molar-refractivity contribution in [2.75, 3.05) is 12.3 Å². The number of thioether (sulfide) groups is 1. The van der Waals surface area contributed by atoms with Crippen LogP contribution in [0.1, 0.15) is 31.4 Å². The molecule has 2 rings (SSSR count). The topological polar surface area (TPSA) is 38.3 Å². The van der Waals surface area contributed by atoms with E-state index >= 15 is 0 Å². The highest BCUT2D eigenvalue weighted by Gasteiger charge is 2.05. The van der Waals surface area contributed by atoms with Gasteiger partial charge in [0.25, 0.3) is 0 Å². The van der Waals surface area contributed by atoms with Crippen molar-refractivity contribution in [2.24, 2.45) is 0 Å². The third kappa shape index (κ3) is 8.46. The number of nitrogens with one attached hydrogen (secondary N) is 1. The number of benzene rings is 2. The zero-order chi connectivity index (χ0) is 19.6. The molecule has 27 heavy (non-hydrogen) atoms. The number of carbonyl (C=O) groups is 1. The summed E-state index contributed by atoms with van der Waals surface area (Å²) in [6.45, 7) is 4.69. The van der Waals surface area contributed by atoms with E-state index in [0.717, 1.165) is 24.2 Å². The Morgan fingerprint density at radius 2 is 2.00 bits per heavy atom. The SMILES string of the molecule is CC(C)Oc1cccc(CCCNC(=O)CSCc2ccc(Cl)cc2Cl)c1. The lowest BCUT2D eigenvalue weighted by Gasteiger charge is -2.11. The molecule has 6 heteroatoms. The van der Waals surface area contributed by atoms with E-state index in [9.17, 15) is 4.79 Å². The zero-order valence-electron chi connectivity index (χ0n) is 15.6. The van der Waals surface area contributed by atoms with E-state index in [1.807, 2.05) is 38.1 Å². The first-order chi connectivity index (χ1) is 12.9. The Balaban J connectivity index is 1.63. The predicted octanol–water partition coefficient (Wildman–Crippen LogP) is 5.76. The van der Waals surface area contributed by atoms with E-state index in [4.69, 9.17) is 27.9 Å². The summed E-state index contributed by atoms with van der Waals surface area (Å²) in [6, 6.07) is 13.5. The van der Waals surface area contributed by atoms with Gasteiger partial charge < -0.3 is 10.1 Å². The molecule has 0 aliphatic carbocycles. The lowest BCUT2D eigenvalue weighted by Crippen LogP contribution is -2.26. The van der Waals surface area contributed by atoms with Gasteiger partial charge in [-0.15, -0.1) is 11.8 Å². The summed E-state index contributed by atoms with van der Waals surface area (Å²) >= 11 is 13.6. The molecule has 0 fully saturated rings. The molecule has 0 aliphatic rings. The van der Waals surface area contributed by atoms with Crippen molar-refractivity contribution in [3.8, 4) is 5.75 Å². The lowest BCUT2D eigenvalue weighted by atomic mass is 10.1. The maximum absolute atomic E-state index is 12.0. The molecule has 0 unspecified atom stereocenters. The molecule has 3 nitrogen and oxygen atoms in total. The van der Waals surface area contributed by atoms with Gasteiger partial charge in [-0.3, -0.25) is 4.79 Å². The summed E-state index contributed by atoms with van der Waals surface area (Å²) in [4.78, 5) is 12.0. The summed E-state index contributed by atoms with van der Waals surface area (Å²) in [6.07, 6.45) is 1.97. The molecule has 1 amide bonds. The molecule has 0 radical (unpaired) electrons. The number of carbonyl (C=O) groups excluding carboxylic acids is 1. The average molecular weight is 426 g/mol. The van der Waals surface area contributed by atoms with Gasteiger partial charge in [-0.1, -0.05) is 41.4 Å². The maximum Gasteiger partial charge on any atom is 0.230 e. The van der Waals surface area contributed by atoms with E-state index in [-0.39, 0.29) is 12.0 Å². The van der Waals surface area contributed by atoms with Gasteiger partial charge in [-0.2, -0.15) is 0 Å². The number of halogens is 2. The first-order valence-electron chi connectivity index (χ1n) is 8.98. The minimum Gasteiger partial charge on any atom is -0.491 e. The third-order valence-electron chi connectivity index (χ3n) is 3.74. The number of hydrogen-bond acceptors (Lipinski definition) is 3. The fourth-order valence-electron chi connectivity index (χ4n) is 2.51. The molecular weight excluding hydrogens is 401 g/mol. The average Bonchev–Trinajstić information content (AvgIpc) is 2.60. The van der Waals surface area contributed by atoms with Gasteiger partial charge in [0.15, 0.2) is 0 Å². The van der Waals surface area contributed by atoms with Crippen LogP contribution in [0.3, 0.4) is 0 Å². The van der Waals surface area contributed by atoms with Crippen molar-refractivity contribution in [1.82, 2.24) is 5.32 Å². The monoisotopic (exact) mass is 425 g/mol. The van der Waals surface area contributed by atoms with Gasteiger partial charge in [0.1, 0.15) is 5.75 Å². The molecule has 0 spiro atoms. The molecule has 0 heterocycles. The molecule has 0 saturated carbocycles. The molecule has 2 aromatic rings. The Morgan fingerprint density at radius 1 is 1.19 bits per heavy atom. The number of amides is 1. The van der Waals surface area contributed by atoms with Crippen LogP contribution in [0.5, 0.6) is 5.75 Å². The minimum atomic E-state index is 0.0435. The van der Waals surface area contributed by atoms with Crippen molar-refractivity contribution >= 4 is 40.9 Å². The molecule has 146 valence electrons. The van der Waals surface area contributed by atoms with Crippen molar-refractivity contribution in [2.45, 2.75) is 38.5 Å². The van der Waals surface area contributed by atoms with Crippen LogP contribution in [0.25, 0.3) is 0 Å². The number of hydrogen-bond donors (Lipinski definition) is 1. The molecule has 0 aromatic heterocycles. The Bertz CT molecular complexity index is 753. The standard InChI is InChI=1S/C21H25Cl2NO2S/c1-15(2)26-19-7-3-5-16(11-19)6-4-10-24-21(25)14-27-13-17-8-9-18(22)12-20(17)23/h3,5,7-9,11-12,15H,4,6,10,13-14H2,1-2H3,(H,24,25). The Hall–Kier alpha value is -1.36. The second kappa shape index (κ2) is 11.5. The minimum absolute atomic E-state index is 0.0435. The first-order valence-corrected chi connectivity index (χ1v) is 10.9. The van der Waals surface area contributed by atoms with Crippen LogP contribution >= 0.6 is 35.0 Å². The number of ether oxygens (including phenoxy) is 1. The van der Waals surface area contributed by atoms with Crippen LogP contribution in [0.2, 0.25) is 10.0 Å². The third-order valence-corrected chi connectivity index (χ3v) is 5.31. The Labute approximate surface area is 175 Å². The summed E-state index contributed by atoms with van der Waals surface area (Å²) in [5.41, 5.74) is 2.21. The Morgan fingerprint density at radius 3 is 2.74 bits per heavy atom. The first kappa shape index (κ1) is 21.9. The molecule has 0 bridgehead atoms. The van der Waals surface area contributed by atoms with Gasteiger partial charge in [0.2, 0.25) is 5.91 Å². The molecule has 2 aromatic carbocycles. The molecule has 0 atom stereocenters. The predicted molar refractivity (Wildman–Crippen MR) is 116 cm³/mol. The van der Waals surface area contributed by atoms with Crippen LogP contribution in [-0.4, -0.2) is 24.3 Å². The molecule has 1 N–H and O–H groups in total. The molecule has 0 saturated heterocycles. The van der Waals surface area contributed by atoms with Crippen LogP contribution in [0, 0.1) is 0 Å². The number of aryl methyl sites for hydroxylation is 1. The summed E-state index contributed by atoms with van der Waals surface area (Å²) in [7, 11) is 0.